The largest absolute Gasteiger partial charge is 0.481 e. The van der Waals surface area contributed by atoms with E-state index in [1.165, 1.54) is 0 Å². The van der Waals surface area contributed by atoms with Crippen molar-refractivity contribution < 1.29 is 29.3 Å². The first-order valence-corrected chi connectivity index (χ1v) is 10.3. The molecule has 2 aliphatic rings. The van der Waals surface area contributed by atoms with Crippen LogP contribution >= 0.6 is 0 Å². The molecule has 0 bridgehead atoms. The average Bonchev–Trinajstić information content (AvgIpc) is 3.11. The van der Waals surface area contributed by atoms with Crippen molar-refractivity contribution in [2.45, 2.75) is 25.1 Å². The zero-order valence-corrected chi connectivity index (χ0v) is 17.6. The number of rotatable bonds is 9. The summed E-state index contributed by atoms with van der Waals surface area (Å²) >= 11 is 0. The lowest BCUT2D eigenvalue weighted by atomic mass is 10.1. The van der Waals surface area contributed by atoms with E-state index in [1.807, 2.05) is 24.3 Å². The van der Waals surface area contributed by atoms with Gasteiger partial charge in [-0.25, -0.2) is 4.79 Å². The number of cyclic esters (lactones) is 1. The van der Waals surface area contributed by atoms with E-state index in [0.29, 0.717) is 51.5 Å². The van der Waals surface area contributed by atoms with Crippen LogP contribution in [0.5, 0.6) is 0 Å². The van der Waals surface area contributed by atoms with Crippen molar-refractivity contribution in [3.63, 3.8) is 0 Å². The summed E-state index contributed by atoms with van der Waals surface area (Å²) in [6, 6.07) is 6.28. The Hall–Kier alpha value is -3.38. The monoisotopic (exact) mass is 448 g/mol. The number of amides is 1. The summed E-state index contributed by atoms with van der Waals surface area (Å²) in [5, 5.41) is 28.2. The van der Waals surface area contributed by atoms with Crippen molar-refractivity contribution in [2.24, 2.45) is 5.73 Å². The van der Waals surface area contributed by atoms with Gasteiger partial charge in [-0.3, -0.25) is 29.7 Å². The molecule has 2 aliphatic heterocycles. The summed E-state index contributed by atoms with van der Waals surface area (Å²) in [6.45, 7) is 3.34. The molecule has 0 saturated carbocycles. The Morgan fingerprint density at radius 1 is 1.19 bits per heavy atom. The smallest absolute Gasteiger partial charge is 0.414 e. The second kappa shape index (κ2) is 10.3. The second-order valence-corrected chi connectivity index (χ2v) is 7.84. The number of carboxylic acids is 2. The van der Waals surface area contributed by atoms with Gasteiger partial charge in [-0.1, -0.05) is 12.1 Å². The van der Waals surface area contributed by atoms with Gasteiger partial charge in [0.1, 0.15) is 12.1 Å². The van der Waals surface area contributed by atoms with Gasteiger partial charge in [-0.2, -0.15) is 0 Å². The third-order valence-corrected chi connectivity index (χ3v) is 5.57. The summed E-state index contributed by atoms with van der Waals surface area (Å²) in [5.74, 6) is -2.38. The van der Waals surface area contributed by atoms with Gasteiger partial charge in [0.2, 0.25) is 0 Å². The van der Waals surface area contributed by atoms with E-state index in [-0.39, 0.29) is 12.1 Å². The van der Waals surface area contributed by atoms with Crippen molar-refractivity contribution in [1.29, 1.82) is 5.41 Å². The van der Waals surface area contributed by atoms with Gasteiger partial charge >= 0.3 is 18.0 Å². The van der Waals surface area contributed by atoms with E-state index in [9.17, 15) is 19.5 Å². The molecule has 0 radical (unpaired) electrons. The molecule has 12 heteroatoms. The fourth-order valence-electron chi connectivity index (χ4n) is 3.90. The standard InChI is InChI=1S/C20H28N6O6/c21-19(22)23-10-13-1-3-14(4-2-13)26-12-15(32-20(26)31)11-24-5-7-25(8-6-24)16(18(29)30)9-17(27)28/h1-4,15-16H,5-12H2,(H,27,28)(H,29,30)(H4,21,22,23)/t15-,16?/m1/s1. The zero-order valence-electron chi connectivity index (χ0n) is 17.6. The summed E-state index contributed by atoms with van der Waals surface area (Å²) in [7, 11) is 0. The molecule has 12 nitrogen and oxygen atoms in total. The molecule has 0 spiro atoms. The maximum Gasteiger partial charge on any atom is 0.414 e. The number of nitrogens with one attached hydrogen (secondary N) is 2. The molecule has 2 atom stereocenters. The van der Waals surface area contributed by atoms with Crippen LogP contribution in [-0.4, -0.2) is 95.4 Å². The minimum atomic E-state index is -1.14. The number of hydrogen-bond acceptors (Lipinski definition) is 7. The van der Waals surface area contributed by atoms with Crippen molar-refractivity contribution in [1.82, 2.24) is 15.1 Å². The maximum atomic E-state index is 12.3. The molecular formula is C20H28N6O6. The Morgan fingerprint density at radius 3 is 2.41 bits per heavy atom. The fraction of sp³-hybridized carbons (Fsp3) is 0.500. The first-order valence-electron chi connectivity index (χ1n) is 10.3. The topological polar surface area (TPSA) is 173 Å². The maximum absolute atomic E-state index is 12.3. The van der Waals surface area contributed by atoms with Crippen molar-refractivity contribution in [3.8, 4) is 0 Å². The van der Waals surface area contributed by atoms with Crippen LogP contribution in [0.4, 0.5) is 10.5 Å². The molecule has 0 aliphatic carbocycles. The van der Waals surface area contributed by atoms with Crippen LogP contribution in [0.2, 0.25) is 0 Å². The molecule has 1 aromatic carbocycles. The van der Waals surface area contributed by atoms with Crippen LogP contribution in [0.1, 0.15) is 12.0 Å². The first kappa shape index (κ1) is 23.3. The minimum Gasteiger partial charge on any atom is -0.481 e. The number of nitrogens with two attached hydrogens (primary N) is 1. The lowest BCUT2D eigenvalue weighted by molar-refractivity contribution is -0.150. The number of nitrogens with zero attached hydrogens (tertiary/aromatic N) is 3. The van der Waals surface area contributed by atoms with E-state index < -0.39 is 30.5 Å². The van der Waals surface area contributed by atoms with Crippen molar-refractivity contribution in [3.05, 3.63) is 29.8 Å². The number of guanidine groups is 1. The number of benzene rings is 1. The number of anilines is 1. The van der Waals surface area contributed by atoms with E-state index in [4.69, 9.17) is 21.0 Å². The molecule has 3 rings (SSSR count). The van der Waals surface area contributed by atoms with Gasteiger partial charge in [-0.15, -0.1) is 0 Å². The van der Waals surface area contributed by atoms with Crippen LogP contribution < -0.4 is 16.0 Å². The zero-order chi connectivity index (χ0) is 23.3. The van der Waals surface area contributed by atoms with Gasteiger partial charge in [0.25, 0.3) is 0 Å². The Morgan fingerprint density at radius 2 is 1.84 bits per heavy atom. The van der Waals surface area contributed by atoms with Crippen LogP contribution in [0, 0.1) is 5.41 Å². The highest BCUT2D eigenvalue weighted by Crippen LogP contribution is 2.23. The highest BCUT2D eigenvalue weighted by atomic mass is 16.6. The SMILES string of the molecule is N=C(N)NCc1ccc(N2C[C@@H](CN3CCN(C(CC(=O)O)C(=O)O)CC3)OC2=O)cc1. The predicted molar refractivity (Wildman–Crippen MR) is 115 cm³/mol. The highest BCUT2D eigenvalue weighted by molar-refractivity contribution is 5.89. The third kappa shape index (κ3) is 6.08. The Labute approximate surface area is 185 Å². The highest BCUT2D eigenvalue weighted by Gasteiger charge is 2.35. The summed E-state index contributed by atoms with van der Waals surface area (Å²) < 4.78 is 5.51. The molecule has 2 fully saturated rings. The van der Waals surface area contributed by atoms with Crippen LogP contribution in [0.3, 0.4) is 0 Å². The van der Waals surface area contributed by atoms with Gasteiger partial charge < -0.3 is 26.0 Å². The number of carbonyl (C=O) groups excluding carboxylic acids is 1. The normalized spacial score (nSPS) is 20.6. The summed E-state index contributed by atoms with van der Waals surface area (Å²) in [5.41, 5.74) is 6.92. The lowest BCUT2D eigenvalue weighted by Gasteiger charge is -2.37. The summed E-state index contributed by atoms with van der Waals surface area (Å²) in [4.78, 5) is 40.0. The van der Waals surface area contributed by atoms with Crippen LogP contribution in [-0.2, 0) is 20.9 Å². The fourth-order valence-corrected chi connectivity index (χ4v) is 3.90. The quantitative estimate of drug-likeness (QED) is 0.246. The molecule has 6 N–H and O–H groups in total. The van der Waals surface area contributed by atoms with E-state index >= 15 is 0 Å². The van der Waals surface area contributed by atoms with Gasteiger partial charge in [-0.05, 0) is 17.7 Å². The molecule has 2 saturated heterocycles. The Bertz CT molecular complexity index is 855. The number of ether oxygens (including phenoxy) is 1. The number of hydrogen-bond donors (Lipinski definition) is 5. The van der Waals surface area contributed by atoms with E-state index in [2.05, 4.69) is 10.2 Å². The molecule has 32 heavy (non-hydrogen) atoms. The predicted octanol–water partition coefficient (Wildman–Crippen LogP) is -0.460. The average molecular weight is 448 g/mol. The van der Waals surface area contributed by atoms with E-state index in [0.717, 1.165) is 5.56 Å². The minimum absolute atomic E-state index is 0.110. The van der Waals surface area contributed by atoms with Gasteiger partial charge in [0.05, 0.1) is 13.0 Å². The van der Waals surface area contributed by atoms with Crippen molar-refractivity contribution >= 4 is 29.7 Å². The van der Waals surface area contributed by atoms with E-state index in [1.54, 1.807) is 9.80 Å². The lowest BCUT2D eigenvalue weighted by Crippen LogP contribution is -2.54. The molecule has 1 amide bonds. The Balaban J connectivity index is 1.49. The number of piperazine rings is 1. The first-order chi connectivity index (χ1) is 15.2. The molecule has 2 heterocycles. The number of carboxylic acid groups (broad SMARTS) is 2. The molecular weight excluding hydrogens is 420 g/mol. The number of carbonyl (C=O) groups is 3. The molecule has 1 unspecified atom stereocenters. The Kier molecular flexibility index (Phi) is 7.49. The van der Waals surface area contributed by atoms with Crippen LogP contribution in [0.25, 0.3) is 0 Å². The van der Waals surface area contributed by atoms with Gasteiger partial charge in [0.15, 0.2) is 5.96 Å². The molecule has 174 valence electrons. The third-order valence-electron chi connectivity index (χ3n) is 5.57. The number of aliphatic carboxylic acids is 2. The second-order valence-electron chi connectivity index (χ2n) is 7.84. The van der Waals surface area contributed by atoms with Gasteiger partial charge in [0, 0.05) is 45.0 Å². The molecule has 1 aromatic rings. The van der Waals surface area contributed by atoms with Crippen molar-refractivity contribution in [2.75, 3.05) is 44.2 Å². The summed E-state index contributed by atoms with van der Waals surface area (Å²) in [6.07, 6.45) is -1.17. The van der Waals surface area contributed by atoms with Crippen LogP contribution in [0.15, 0.2) is 24.3 Å². The molecule has 0 aromatic heterocycles.